The molecule has 1 heterocycles. The topological polar surface area (TPSA) is 73.6 Å². The monoisotopic (exact) mass is 266 g/mol. The van der Waals surface area contributed by atoms with Crippen LogP contribution in [0.2, 0.25) is 0 Å². The van der Waals surface area contributed by atoms with Crippen LogP contribution >= 0.6 is 12.2 Å². The van der Waals surface area contributed by atoms with E-state index in [9.17, 15) is 4.79 Å². The molecule has 1 atom stereocenters. The summed E-state index contributed by atoms with van der Waals surface area (Å²) in [7, 11) is 0. The van der Waals surface area contributed by atoms with Gasteiger partial charge in [-0.2, -0.15) is 0 Å². The van der Waals surface area contributed by atoms with Gasteiger partial charge >= 0.3 is 0 Å². The van der Waals surface area contributed by atoms with Crippen LogP contribution in [0.25, 0.3) is 0 Å². The smallest absolute Gasteiger partial charge is 0.264 e. The average Bonchev–Trinajstić information content (AvgIpc) is 2.37. The third-order valence-corrected chi connectivity index (χ3v) is 2.68. The molecule has 0 radical (unpaired) electrons. The normalized spacial score (nSPS) is 17.0. The largest absolute Gasteiger partial charge is 0.485 e. The van der Waals surface area contributed by atoms with Crippen LogP contribution in [-0.4, -0.2) is 30.2 Å². The van der Waals surface area contributed by atoms with E-state index in [0.29, 0.717) is 29.5 Å². The van der Waals surface area contributed by atoms with E-state index in [1.807, 2.05) is 12.1 Å². The lowest BCUT2D eigenvalue weighted by Gasteiger charge is -2.25. The number of hydrogen-bond donors (Lipinski definition) is 2. The summed E-state index contributed by atoms with van der Waals surface area (Å²) < 4.78 is 11.0. The number of para-hydroxylation sites is 2. The number of rotatable bonds is 4. The molecule has 6 heteroatoms. The number of hydrogen-bond acceptors (Lipinski definition) is 4. The maximum Gasteiger partial charge on any atom is 0.264 e. The molecule has 1 aliphatic rings. The number of carbonyl (C=O) groups is 1. The Balaban J connectivity index is 1.88. The van der Waals surface area contributed by atoms with Gasteiger partial charge in [-0.1, -0.05) is 24.4 Å². The maximum atomic E-state index is 11.8. The minimum Gasteiger partial charge on any atom is -0.485 e. The fourth-order valence-electron chi connectivity index (χ4n) is 1.57. The van der Waals surface area contributed by atoms with E-state index >= 15 is 0 Å². The molecule has 5 nitrogen and oxygen atoms in total. The number of carbonyl (C=O) groups excluding carboxylic acids is 1. The number of benzene rings is 1. The molecule has 0 aliphatic carbocycles. The summed E-state index contributed by atoms with van der Waals surface area (Å²) in [4.78, 5) is 12.2. The Hall–Kier alpha value is -1.82. The van der Waals surface area contributed by atoms with Crippen molar-refractivity contribution in [3.8, 4) is 11.5 Å². The van der Waals surface area contributed by atoms with Crippen molar-refractivity contribution in [1.82, 2.24) is 5.32 Å². The van der Waals surface area contributed by atoms with Gasteiger partial charge in [-0.25, -0.2) is 0 Å². The molecule has 1 aromatic rings. The van der Waals surface area contributed by atoms with Crippen LogP contribution in [0.1, 0.15) is 6.42 Å². The molecule has 0 spiro atoms. The van der Waals surface area contributed by atoms with E-state index in [2.05, 4.69) is 5.32 Å². The third-order valence-electron chi connectivity index (χ3n) is 2.47. The van der Waals surface area contributed by atoms with Crippen molar-refractivity contribution in [3.05, 3.63) is 24.3 Å². The van der Waals surface area contributed by atoms with Crippen LogP contribution in [0.15, 0.2) is 24.3 Å². The van der Waals surface area contributed by atoms with Crippen molar-refractivity contribution in [1.29, 1.82) is 0 Å². The molecule has 1 aromatic carbocycles. The lowest BCUT2D eigenvalue weighted by molar-refractivity contribution is -0.130. The second kappa shape index (κ2) is 5.68. The molecule has 0 saturated heterocycles. The van der Waals surface area contributed by atoms with E-state index in [0.717, 1.165) is 0 Å². The molecule has 1 amide bonds. The van der Waals surface area contributed by atoms with Crippen LogP contribution in [0, 0.1) is 0 Å². The van der Waals surface area contributed by atoms with E-state index in [1.54, 1.807) is 12.1 Å². The minimum absolute atomic E-state index is 0.204. The third kappa shape index (κ3) is 3.10. The second-order valence-corrected chi connectivity index (χ2v) is 4.40. The molecule has 18 heavy (non-hydrogen) atoms. The summed E-state index contributed by atoms with van der Waals surface area (Å²) in [5.74, 6) is 1.02. The number of nitrogens with two attached hydrogens (primary N) is 1. The average molecular weight is 266 g/mol. The molecule has 96 valence electrons. The second-order valence-electron chi connectivity index (χ2n) is 3.87. The van der Waals surface area contributed by atoms with Crippen molar-refractivity contribution in [2.45, 2.75) is 12.5 Å². The van der Waals surface area contributed by atoms with Gasteiger partial charge in [-0.3, -0.25) is 4.79 Å². The Kier molecular flexibility index (Phi) is 3.99. The molecule has 1 aliphatic heterocycles. The Morgan fingerprint density at radius 2 is 2.17 bits per heavy atom. The molecular formula is C12H14N2O3S. The van der Waals surface area contributed by atoms with Crippen molar-refractivity contribution in [2.75, 3.05) is 13.2 Å². The lowest BCUT2D eigenvalue weighted by atomic mass is 10.2. The number of thiocarbonyl (C=S) groups is 1. The first-order valence-electron chi connectivity index (χ1n) is 5.61. The van der Waals surface area contributed by atoms with E-state index in [-0.39, 0.29) is 12.5 Å². The molecule has 3 N–H and O–H groups in total. The first-order valence-corrected chi connectivity index (χ1v) is 6.02. The first-order chi connectivity index (χ1) is 8.66. The van der Waals surface area contributed by atoms with Gasteiger partial charge in [0, 0.05) is 13.0 Å². The summed E-state index contributed by atoms with van der Waals surface area (Å²) in [6, 6.07) is 7.25. The van der Waals surface area contributed by atoms with Gasteiger partial charge in [0.2, 0.25) is 6.10 Å². The zero-order valence-corrected chi connectivity index (χ0v) is 10.5. The summed E-state index contributed by atoms with van der Waals surface area (Å²) in [6.45, 7) is 0.617. The zero-order valence-electron chi connectivity index (χ0n) is 9.72. The molecular weight excluding hydrogens is 252 g/mol. The van der Waals surface area contributed by atoms with Gasteiger partial charge in [0.15, 0.2) is 11.5 Å². The van der Waals surface area contributed by atoms with Gasteiger partial charge in [0.05, 0.1) is 4.99 Å². The Bertz CT molecular complexity index is 464. The Morgan fingerprint density at radius 3 is 2.89 bits per heavy atom. The lowest BCUT2D eigenvalue weighted by Crippen LogP contribution is -2.44. The van der Waals surface area contributed by atoms with Crippen molar-refractivity contribution in [3.63, 3.8) is 0 Å². The van der Waals surface area contributed by atoms with Crippen LogP contribution in [0.3, 0.4) is 0 Å². The van der Waals surface area contributed by atoms with Crippen LogP contribution in [-0.2, 0) is 4.79 Å². The summed E-state index contributed by atoms with van der Waals surface area (Å²) in [5.41, 5.74) is 5.34. The Morgan fingerprint density at radius 1 is 1.44 bits per heavy atom. The fourth-order valence-corrected chi connectivity index (χ4v) is 1.67. The van der Waals surface area contributed by atoms with E-state index in [4.69, 9.17) is 27.4 Å². The predicted molar refractivity (Wildman–Crippen MR) is 70.8 cm³/mol. The van der Waals surface area contributed by atoms with Gasteiger partial charge in [0.1, 0.15) is 6.61 Å². The van der Waals surface area contributed by atoms with Crippen molar-refractivity contribution >= 4 is 23.1 Å². The minimum atomic E-state index is -0.633. The molecule has 0 bridgehead atoms. The summed E-state index contributed by atoms with van der Waals surface area (Å²) >= 11 is 4.73. The number of fused-ring (bicyclic) bond motifs is 1. The first kappa shape index (κ1) is 12.6. The number of ether oxygens (including phenoxy) is 2. The van der Waals surface area contributed by atoms with Crippen molar-refractivity contribution < 1.29 is 14.3 Å². The highest BCUT2D eigenvalue weighted by molar-refractivity contribution is 7.80. The highest BCUT2D eigenvalue weighted by Crippen LogP contribution is 2.30. The highest BCUT2D eigenvalue weighted by atomic mass is 32.1. The summed E-state index contributed by atoms with van der Waals surface area (Å²) in [5, 5.41) is 2.70. The van der Waals surface area contributed by atoms with Crippen LogP contribution < -0.4 is 20.5 Å². The number of nitrogens with one attached hydrogen (secondary N) is 1. The van der Waals surface area contributed by atoms with Crippen LogP contribution in [0.4, 0.5) is 0 Å². The molecule has 0 saturated carbocycles. The summed E-state index contributed by atoms with van der Waals surface area (Å²) in [6.07, 6.45) is -0.156. The predicted octanol–water partition coefficient (Wildman–Crippen LogP) is 0.619. The van der Waals surface area contributed by atoms with Gasteiger partial charge in [-0.05, 0) is 12.1 Å². The van der Waals surface area contributed by atoms with E-state index < -0.39 is 6.10 Å². The standard InChI is InChI=1S/C12H14N2O3S/c13-11(18)5-6-14-12(15)10-7-16-8-3-1-2-4-9(8)17-10/h1-4,10H,5-7H2,(H2,13,18)(H,14,15). The quantitative estimate of drug-likeness (QED) is 0.782. The fraction of sp³-hybridized carbons (Fsp3) is 0.333. The highest BCUT2D eigenvalue weighted by Gasteiger charge is 2.26. The van der Waals surface area contributed by atoms with Crippen molar-refractivity contribution in [2.24, 2.45) is 5.73 Å². The SMILES string of the molecule is NC(=S)CCNC(=O)C1COc2ccccc2O1. The Labute approximate surface area is 110 Å². The van der Waals surface area contributed by atoms with Gasteiger partial charge in [-0.15, -0.1) is 0 Å². The zero-order chi connectivity index (χ0) is 13.0. The molecule has 0 aromatic heterocycles. The van der Waals surface area contributed by atoms with Gasteiger partial charge in [0.25, 0.3) is 5.91 Å². The van der Waals surface area contributed by atoms with Gasteiger partial charge < -0.3 is 20.5 Å². The van der Waals surface area contributed by atoms with Crippen LogP contribution in [0.5, 0.6) is 11.5 Å². The number of amides is 1. The molecule has 1 unspecified atom stereocenters. The molecule has 0 fully saturated rings. The maximum absolute atomic E-state index is 11.8. The van der Waals surface area contributed by atoms with E-state index in [1.165, 1.54) is 0 Å². The molecule has 2 rings (SSSR count).